The zero-order valence-electron chi connectivity index (χ0n) is 14.8. The van der Waals surface area contributed by atoms with Crippen molar-refractivity contribution >= 4 is 23.5 Å². The van der Waals surface area contributed by atoms with E-state index >= 15 is 0 Å². The van der Waals surface area contributed by atoms with Gasteiger partial charge in [0.05, 0.1) is 29.2 Å². The molecule has 1 aromatic rings. The largest absolute Gasteiger partial charge is 0.459 e. The summed E-state index contributed by atoms with van der Waals surface area (Å²) in [7, 11) is 0. The van der Waals surface area contributed by atoms with Crippen LogP contribution in [0.2, 0.25) is 0 Å². The summed E-state index contributed by atoms with van der Waals surface area (Å²) >= 11 is 0. The second kappa shape index (κ2) is 5.29. The lowest BCUT2D eigenvalue weighted by Gasteiger charge is -2.37. The van der Waals surface area contributed by atoms with E-state index in [9.17, 15) is 14.4 Å². The van der Waals surface area contributed by atoms with Crippen LogP contribution in [0.15, 0.2) is 36.4 Å². The van der Waals surface area contributed by atoms with Crippen LogP contribution in [-0.2, 0) is 14.3 Å². The maximum atomic E-state index is 13.1. The summed E-state index contributed by atoms with van der Waals surface area (Å²) in [5, 5.41) is 0. The molecule has 1 aromatic carbocycles. The minimum absolute atomic E-state index is 0.112. The van der Waals surface area contributed by atoms with Crippen LogP contribution in [0, 0.1) is 35.5 Å². The third-order valence-corrected chi connectivity index (χ3v) is 6.35. The van der Waals surface area contributed by atoms with Crippen LogP contribution < -0.4 is 4.90 Å². The lowest BCUT2D eigenvalue weighted by Crippen LogP contribution is -2.40. The molecular formula is C21H21NO4. The molecule has 6 rings (SSSR count). The van der Waals surface area contributed by atoms with E-state index in [4.69, 9.17) is 4.74 Å². The zero-order chi connectivity index (χ0) is 18.2. The van der Waals surface area contributed by atoms with Crippen LogP contribution in [0.4, 0.5) is 5.69 Å². The maximum Gasteiger partial charge on any atom is 0.338 e. The van der Waals surface area contributed by atoms with Gasteiger partial charge >= 0.3 is 5.97 Å². The van der Waals surface area contributed by atoms with Crippen molar-refractivity contribution in [3.8, 4) is 0 Å². The monoisotopic (exact) mass is 351 g/mol. The van der Waals surface area contributed by atoms with E-state index in [1.807, 2.05) is 0 Å². The van der Waals surface area contributed by atoms with Gasteiger partial charge in [-0.05, 0) is 62.1 Å². The molecule has 0 aromatic heterocycles. The van der Waals surface area contributed by atoms with Gasteiger partial charge in [-0.1, -0.05) is 18.2 Å². The van der Waals surface area contributed by atoms with Gasteiger partial charge in [0.2, 0.25) is 11.8 Å². The van der Waals surface area contributed by atoms with Gasteiger partial charge < -0.3 is 4.74 Å². The van der Waals surface area contributed by atoms with Gasteiger partial charge in [-0.2, -0.15) is 0 Å². The molecule has 0 unspecified atom stereocenters. The molecule has 0 N–H and O–H groups in total. The number of imide groups is 1. The summed E-state index contributed by atoms with van der Waals surface area (Å²) in [6.45, 7) is 3.57. The second-order valence-electron chi connectivity index (χ2n) is 8.17. The number of amides is 2. The number of hydrogen-bond acceptors (Lipinski definition) is 4. The van der Waals surface area contributed by atoms with Crippen LogP contribution in [0.1, 0.15) is 30.6 Å². The molecule has 1 aliphatic heterocycles. The Balaban J connectivity index is 1.48. The van der Waals surface area contributed by atoms with Crippen molar-refractivity contribution in [2.24, 2.45) is 35.5 Å². The molecule has 0 spiro atoms. The third-order valence-electron chi connectivity index (χ3n) is 6.35. The normalized spacial score (nSPS) is 36.3. The minimum Gasteiger partial charge on any atom is -0.459 e. The molecule has 3 fully saturated rings. The molecule has 2 bridgehead atoms. The van der Waals surface area contributed by atoms with Gasteiger partial charge in [0.1, 0.15) is 0 Å². The topological polar surface area (TPSA) is 63.7 Å². The fraction of sp³-hybridized carbons (Fsp3) is 0.476. The number of benzene rings is 1. The predicted octanol–water partition coefficient (Wildman–Crippen LogP) is 2.81. The summed E-state index contributed by atoms with van der Waals surface area (Å²) in [6, 6.07) is 6.65. The van der Waals surface area contributed by atoms with E-state index in [2.05, 4.69) is 12.2 Å². The van der Waals surface area contributed by atoms with Crippen LogP contribution >= 0.6 is 0 Å². The number of nitrogens with zero attached hydrogens (tertiary/aromatic N) is 1. The molecule has 4 aliphatic carbocycles. The molecular weight excluding hydrogens is 330 g/mol. The number of carbonyl (C=O) groups is 3. The molecule has 5 heteroatoms. The molecule has 26 heavy (non-hydrogen) atoms. The molecule has 1 saturated heterocycles. The summed E-state index contributed by atoms with van der Waals surface area (Å²) in [5.41, 5.74) is 0.830. The fourth-order valence-corrected chi connectivity index (χ4v) is 5.27. The fourth-order valence-electron chi connectivity index (χ4n) is 5.27. The Morgan fingerprint density at radius 3 is 2.27 bits per heavy atom. The van der Waals surface area contributed by atoms with Crippen LogP contribution in [0.3, 0.4) is 0 Å². The van der Waals surface area contributed by atoms with Gasteiger partial charge in [-0.25, -0.2) is 9.69 Å². The van der Waals surface area contributed by atoms with Gasteiger partial charge in [0.25, 0.3) is 0 Å². The quantitative estimate of drug-likeness (QED) is 0.477. The van der Waals surface area contributed by atoms with E-state index in [1.54, 1.807) is 38.1 Å². The standard InChI is InChI=1S/C21H21NO4/c1-10(2)26-21(25)11-4-3-5-12(8-11)22-19(23)17-13-6-7-14(16-9-15(13)16)18(17)20(22)24/h3-8,10,13-18H,9H2,1-2H3/t13-,14-,15-,16+,17+,18+/m0/s1. The Bertz CT molecular complexity index is 821. The first-order valence-electron chi connectivity index (χ1n) is 9.34. The average Bonchev–Trinajstić information content (AvgIpc) is 3.39. The van der Waals surface area contributed by atoms with Crippen LogP contribution in [-0.4, -0.2) is 23.9 Å². The highest BCUT2D eigenvalue weighted by Crippen LogP contribution is 2.65. The molecule has 5 nitrogen and oxygen atoms in total. The highest BCUT2D eigenvalue weighted by molar-refractivity contribution is 6.22. The van der Waals surface area contributed by atoms with Crippen molar-refractivity contribution in [2.45, 2.75) is 26.4 Å². The lowest BCUT2D eigenvalue weighted by molar-refractivity contribution is -0.124. The number of hydrogen-bond donors (Lipinski definition) is 0. The van der Waals surface area contributed by atoms with Crippen molar-refractivity contribution in [2.75, 3.05) is 4.90 Å². The predicted molar refractivity (Wildman–Crippen MR) is 94.2 cm³/mol. The number of anilines is 1. The van der Waals surface area contributed by atoms with Gasteiger partial charge in [0, 0.05) is 0 Å². The molecule has 1 heterocycles. The Kier molecular flexibility index (Phi) is 3.21. The average molecular weight is 351 g/mol. The highest BCUT2D eigenvalue weighted by Gasteiger charge is 2.67. The molecule has 6 atom stereocenters. The van der Waals surface area contributed by atoms with E-state index in [0.29, 0.717) is 23.1 Å². The van der Waals surface area contributed by atoms with Gasteiger partial charge in [-0.3, -0.25) is 9.59 Å². The summed E-state index contributed by atoms with van der Waals surface area (Å²) in [6.07, 6.45) is 5.24. The van der Waals surface area contributed by atoms with E-state index in [-0.39, 0.29) is 41.6 Å². The Hall–Kier alpha value is -2.43. The number of rotatable bonds is 3. The van der Waals surface area contributed by atoms with Crippen molar-refractivity contribution in [1.29, 1.82) is 0 Å². The SMILES string of the molecule is CC(C)OC(=O)c1cccc(N2C(=O)[C@@H]3[C@H]4C=C[C@@H]([C@@H]5C[C@H]45)[C@H]3C2=O)c1. The second-order valence-corrected chi connectivity index (χ2v) is 8.17. The van der Waals surface area contributed by atoms with Gasteiger partial charge in [0.15, 0.2) is 0 Å². The van der Waals surface area contributed by atoms with Crippen molar-refractivity contribution in [3.05, 3.63) is 42.0 Å². The van der Waals surface area contributed by atoms with Crippen molar-refractivity contribution in [3.63, 3.8) is 0 Å². The first kappa shape index (κ1) is 15.8. The Labute approximate surface area is 152 Å². The number of esters is 1. The summed E-state index contributed by atoms with van der Waals surface area (Å²) in [4.78, 5) is 39.7. The zero-order valence-corrected chi connectivity index (χ0v) is 14.8. The van der Waals surface area contributed by atoms with Crippen molar-refractivity contribution in [1.82, 2.24) is 0 Å². The minimum atomic E-state index is -0.443. The third kappa shape index (κ3) is 2.06. The number of ether oxygens (including phenoxy) is 1. The van der Waals surface area contributed by atoms with E-state index < -0.39 is 5.97 Å². The number of allylic oxidation sites excluding steroid dienone is 2. The molecule has 2 saturated carbocycles. The van der Waals surface area contributed by atoms with E-state index in [1.165, 1.54) is 4.90 Å². The lowest BCUT2D eigenvalue weighted by atomic mass is 9.63. The van der Waals surface area contributed by atoms with Crippen LogP contribution in [0.25, 0.3) is 0 Å². The smallest absolute Gasteiger partial charge is 0.338 e. The first-order chi connectivity index (χ1) is 12.5. The van der Waals surface area contributed by atoms with Gasteiger partial charge in [-0.15, -0.1) is 0 Å². The molecule has 2 amide bonds. The molecule has 0 radical (unpaired) electrons. The first-order valence-corrected chi connectivity index (χ1v) is 9.34. The maximum absolute atomic E-state index is 13.1. The van der Waals surface area contributed by atoms with Crippen LogP contribution in [0.5, 0.6) is 0 Å². The Morgan fingerprint density at radius 2 is 1.69 bits per heavy atom. The highest BCUT2D eigenvalue weighted by atomic mass is 16.5. The Morgan fingerprint density at radius 1 is 1.08 bits per heavy atom. The number of carbonyl (C=O) groups excluding carboxylic acids is 3. The molecule has 134 valence electrons. The summed E-state index contributed by atoms with van der Waals surface area (Å²) < 4.78 is 5.23. The van der Waals surface area contributed by atoms with Crippen molar-refractivity contribution < 1.29 is 19.1 Å². The summed E-state index contributed by atoms with van der Waals surface area (Å²) in [5.74, 6) is 0.432. The molecule has 5 aliphatic rings. The van der Waals surface area contributed by atoms with E-state index in [0.717, 1.165) is 6.42 Å².